The van der Waals surface area contributed by atoms with E-state index < -0.39 is 0 Å². The van der Waals surface area contributed by atoms with Crippen molar-refractivity contribution < 1.29 is 13.8 Å². The monoisotopic (exact) mass is 211 g/mol. The number of hydrogen-bond donors (Lipinski definition) is 2. The van der Waals surface area contributed by atoms with Crippen LogP contribution in [0.1, 0.15) is 13.8 Å². The first-order chi connectivity index (χ1) is 7.26. The first-order valence-corrected chi connectivity index (χ1v) is 4.90. The van der Waals surface area contributed by atoms with Crippen molar-refractivity contribution in [3.05, 3.63) is 11.3 Å². The third kappa shape index (κ3) is 1.58. The Morgan fingerprint density at radius 1 is 1.33 bits per heavy atom. The van der Waals surface area contributed by atoms with Crippen LogP contribution in [0.25, 0.3) is 11.2 Å². The summed E-state index contributed by atoms with van der Waals surface area (Å²) in [5, 5.41) is 17.2. The lowest BCUT2D eigenvalue weighted by molar-refractivity contribution is -0.776. The van der Waals surface area contributed by atoms with Gasteiger partial charge in [-0.25, -0.2) is 0 Å². The lowest BCUT2D eigenvalue weighted by atomic mass is 10.5. The van der Waals surface area contributed by atoms with Gasteiger partial charge < -0.3 is 19.5 Å². The summed E-state index contributed by atoms with van der Waals surface area (Å²) in [6.07, 6.45) is 0. The van der Waals surface area contributed by atoms with Gasteiger partial charge in [-0.15, -0.1) is 0 Å². The average Bonchev–Trinajstić information content (AvgIpc) is 2.68. The molecule has 2 aromatic heterocycles. The fourth-order valence-electron chi connectivity index (χ4n) is 1.40. The Balaban J connectivity index is 2.43. The highest BCUT2D eigenvalue weighted by Crippen LogP contribution is 2.27. The van der Waals surface area contributed by atoms with E-state index >= 15 is 0 Å². The van der Waals surface area contributed by atoms with Gasteiger partial charge in [0.05, 0.1) is 6.54 Å². The number of fused-ring (bicyclic) bond motifs is 1. The minimum atomic E-state index is 0.316. The summed E-state index contributed by atoms with van der Waals surface area (Å²) in [6.45, 7) is 5.24. The van der Waals surface area contributed by atoms with Crippen molar-refractivity contribution in [3.8, 4) is 0 Å². The average molecular weight is 211 g/mol. The third-order valence-corrected chi connectivity index (χ3v) is 1.97. The van der Waals surface area contributed by atoms with Crippen molar-refractivity contribution in [1.29, 1.82) is 0 Å². The summed E-state index contributed by atoms with van der Waals surface area (Å²) in [7, 11) is 0. The van der Waals surface area contributed by atoms with Crippen LogP contribution in [0.4, 0.5) is 11.7 Å². The lowest BCUT2D eigenvalue weighted by Gasteiger charge is -1.97. The van der Waals surface area contributed by atoms with Gasteiger partial charge in [-0.2, -0.15) is 0 Å². The van der Waals surface area contributed by atoms with Crippen molar-refractivity contribution in [2.45, 2.75) is 13.8 Å². The van der Waals surface area contributed by atoms with Gasteiger partial charge in [0, 0.05) is 12.6 Å². The minimum absolute atomic E-state index is 0.316. The maximum absolute atomic E-state index is 11.3. The van der Waals surface area contributed by atoms with E-state index in [2.05, 4.69) is 10.6 Å². The van der Waals surface area contributed by atoms with E-state index in [-0.39, 0.29) is 0 Å². The van der Waals surface area contributed by atoms with Crippen LogP contribution in [0.5, 0.6) is 0 Å². The molecule has 6 nitrogen and oxygen atoms in total. The van der Waals surface area contributed by atoms with Gasteiger partial charge in [-0.3, -0.25) is 5.32 Å². The molecule has 82 valence electrons. The molecule has 0 bridgehead atoms. The molecule has 0 aliphatic carbocycles. The van der Waals surface area contributed by atoms with Crippen LogP contribution < -0.4 is 15.5 Å². The summed E-state index contributed by atoms with van der Waals surface area (Å²) >= 11 is 0. The second-order valence-corrected chi connectivity index (χ2v) is 3.06. The van der Waals surface area contributed by atoms with E-state index in [1.807, 2.05) is 13.8 Å². The molecule has 6 heteroatoms. The highest BCUT2D eigenvalue weighted by molar-refractivity contribution is 5.83. The molecule has 15 heavy (non-hydrogen) atoms. The molecule has 0 atom stereocenters. The zero-order valence-electron chi connectivity index (χ0n) is 8.66. The van der Waals surface area contributed by atoms with Gasteiger partial charge in [-0.05, 0) is 18.8 Å². The molecule has 2 N–H and O–H groups in total. The topological polar surface area (TPSA) is 77.3 Å². The second-order valence-electron chi connectivity index (χ2n) is 3.06. The molecule has 2 heterocycles. The van der Waals surface area contributed by atoms with Gasteiger partial charge in [-0.1, -0.05) is 0 Å². The Labute approximate surface area is 86.4 Å². The Bertz CT molecular complexity index is 460. The summed E-state index contributed by atoms with van der Waals surface area (Å²) in [5.41, 5.74) is 0.889. The van der Waals surface area contributed by atoms with E-state index in [1.54, 1.807) is 6.07 Å². The summed E-state index contributed by atoms with van der Waals surface area (Å²) in [6, 6.07) is 1.66. The first-order valence-electron chi connectivity index (χ1n) is 4.90. The van der Waals surface area contributed by atoms with E-state index in [0.29, 0.717) is 34.3 Å². The van der Waals surface area contributed by atoms with Crippen molar-refractivity contribution in [2.24, 2.45) is 0 Å². The van der Waals surface area contributed by atoms with E-state index in [0.717, 1.165) is 6.54 Å². The highest BCUT2D eigenvalue weighted by Gasteiger charge is 2.18. The molecule has 2 aromatic rings. The Hall–Kier alpha value is -1.85. The van der Waals surface area contributed by atoms with Crippen LogP contribution in [0.15, 0.2) is 15.0 Å². The molecule has 0 fully saturated rings. The summed E-state index contributed by atoms with van der Waals surface area (Å²) in [4.78, 5) is 0.424. The molecule has 0 aliphatic rings. The van der Waals surface area contributed by atoms with Crippen molar-refractivity contribution in [3.63, 3.8) is 0 Å². The molecule has 0 aromatic carbocycles. The van der Waals surface area contributed by atoms with Crippen LogP contribution in [-0.2, 0) is 0 Å². The number of nitrogens with one attached hydrogen (secondary N) is 2. The predicted octanol–water partition coefficient (Wildman–Crippen LogP) is 1.52. The third-order valence-electron chi connectivity index (χ3n) is 1.97. The highest BCUT2D eigenvalue weighted by atomic mass is 16.7. The number of aromatic nitrogens is 1. The fourth-order valence-corrected chi connectivity index (χ4v) is 1.40. The zero-order chi connectivity index (χ0) is 10.8. The summed E-state index contributed by atoms with van der Waals surface area (Å²) in [5.74, 6) is 0.919. The van der Waals surface area contributed by atoms with Crippen molar-refractivity contribution >= 4 is 22.9 Å². The quantitative estimate of drug-likeness (QED) is 0.750. The molecule has 0 amide bonds. The van der Waals surface area contributed by atoms with Crippen LogP contribution in [0.3, 0.4) is 0 Å². The largest absolute Gasteiger partial charge is 0.436 e. The number of anilines is 2. The number of hydrogen-bond acceptors (Lipinski definition) is 5. The number of nitrogens with zero attached hydrogens (tertiary/aromatic N) is 1. The molecular weight excluding hydrogens is 198 g/mol. The molecule has 0 saturated carbocycles. The van der Waals surface area contributed by atoms with Crippen LogP contribution in [0.2, 0.25) is 0 Å². The first kappa shape index (κ1) is 9.70. The minimum Gasteiger partial charge on any atom is -0.436 e. The van der Waals surface area contributed by atoms with E-state index in [1.165, 1.54) is 0 Å². The Kier molecular flexibility index (Phi) is 2.40. The maximum atomic E-state index is 11.3. The maximum Gasteiger partial charge on any atom is 0.359 e. The van der Waals surface area contributed by atoms with Crippen LogP contribution >= 0.6 is 0 Å². The molecule has 2 rings (SSSR count). The lowest BCUT2D eigenvalue weighted by Crippen LogP contribution is -2.27. The SMILES string of the molecule is CCNc1cc2o[n+]([O-])c(NCC)c2o1. The van der Waals surface area contributed by atoms with E-state index in [9.17, 15) is 5.21 Å². The second kappa shape index (κ2) is 3.72. The molecule has 0 unspecified atom stereocenters. The standard InChI is InChI=1S/C9H13N3O3/c1-3-10-7-5-6-8(14-7)9(11-4-2)12(13)15-6/h5,10-11H,3-4H2,1-2H3. The van der Waals surface area contributed by atoms with Gasteiger partial charge in [0.15, 0.2) is 5.88 Å². The van der Waals surface area contributed by atoms with Crippen molar-refractivity contribution in [1.82, 2.24) is 0 Å². The Morgan fingerprint density at radius 2 is 2.07 bits per heavy atom. The van der Waals surface area contributed by atoms with Crippen LogP contribution in [0, 0.1) is 5.21 Å². The Morgan fingerprint density at radius 3 is 2.73 bits per heavy atom. The number of rotatable bonds is 4. The molecule has 0 spiro atoms. The predicted molar refractivity (Wildman–Crippen MR) is 55.8 cm³/mol. The fraction of sp³-hybridized carbons (Fsp3) is 0.444. The van der Waals surface area contributed by atoms with Gasteiger partial charge >= 0.3 is 5.82 Å². The van der Waals surface area contributed by atoms with Gasteiger partial charge in [0.2, 0.25) is 5.58 Å². The smallest absolute Gasteiger partial charge is 0.359 e. The molecule has 0 saturated heterocycles. The van der Waals surface area contributed by atoms with Gasteiger partial charge in [0.25, 0.3) is 0 Å². The molecule has 0 aliphatic heterocycles. The number of furan rings is 1. The van der Waals surface area contributed by atoms with Gasteiger partial charge in [0.1, 0.15) is 5.58 Å². The zero-order valence-corrected chi connectivity index (χ0v) is 8.66. The van der Waals surface area contributed by atoms with Crippen LogP contribution in [-0.4, -0.2) is 13.1 Å². The normalized spacial score (nSPS) is 10.8. The summed E-state index contributed by atoms with van der Waals surface area (Å²) < 4.78 is 10.4. The van der Waals surface area contributed by atoms with Crippen molar-refractivity contribution in [2.75, 3.05) is 23.7 Å². The van der Waals surface area contributed by atoms with E-state index in [4.69, 9.17) is 8.94 Å². The molecular formula is C9H13N3O3. The molecule has 0 radical (unpaired) electrons.